The molecule has 1 amide bonds. The Morgan fingerprint density at radius 2 is 2.03 bits per heavy atom. The second-order valence-electron chi connectivity index (χ2n) is 7.20. The Labute approximate surface area is 174 Å². The first-order valence-corrected chi connectivity index (χ1v) is 10.9. The second kappa shape index (κ2) is 8.93. The smallest absolute Gasteiger partial charge is 0.291 e. The van der Waals surface area contributed by atoms with Crippen molar-refractivity contribution in [1.82, 2.24) is 0 Å². The Bertz CT molecular complexity index is 1010. The third-order valence-corrected chi connectivity index (χ3v) is 6.63. The molecule has 1 saturated heterocycles. The quantitative estimate of drug-likeness (QED) is 0.587. The number of ether oxygens (including phenoxy) is 2. The molecule has 0 unspecified atom stereocenters. The molecule has 6 heteroatoms. The number of hydrogen-bond donors (Lipinski definition) is 1. The van der Waals surface area contributed by atoms with Gasteiger partial charge in [-0.3, -0.25) is 4.79 Å². The average Bonchev–Trinajstić information content (AvgIpc) is 3.09. The number of carbonyl (C=O) groups excluding carboxylic acids is 1. The monoisotopic (exact) mass is 411 g/mol. The summed E-state index contributed by atoms with van der Waals surface area (Å²) in [7, 11) is 1.62. The molecule has 0 atom stereocenters. The van der Waals surface area contributed by atoms with Crippen LogP contribution in [-0.4, -0.2) is 31.5 Å². The van der Waals surface area contributed by atoms with Crippen molar-refractivity contribution in [2.75, 3.05) is 25.6 Å². The zero-order valence-corrected chi connectivity index (χ0v) is 17.5. The molecule has 2 aromatic carbocycles. The Kier molecular flexibility index (Phi) is 6.11. The van der Waals surface area contributed by atoms with E-state index in [1.807, 2.05) is 55.1 Å². The molecule has 4 rings (SSSR count). The van der Waals surface area contributed by atoms with Gasteiger partial charge in [-0.05, 0) is 55.7 Å². The average molecular weight is 412 g/mol. The van der Waals surface area contributed by atoms with Crippen molar-refractivity contribution < 1.29 is 18.7 Å². The summed E-state index contributed by atoms with van der Waals surface area (Å²) in [6.07, 6.45) is 2.22. The van der Waals surface area contributed by atoms with Crippen LogP contribution < -0.4 is 10.1 Å². The van der Waals surface area contributed by atoms with E-state index in [4.69, 9.17) is 13.9 Å². The number of hydrogen-bond acceptors (Lipinski definition) is 5. The number of anilines is 1. The lowest BCUT2D eigenvalue weighted by Gasteiger charge is -2.21. The van der Waals surface area contributed by atoms with Crippen molar-refractivity contribution in [2.24, 2.45) is 0 Å². The third-order valence-electron chi connectivity index (χ3n) is 5.19. The maximum atomic E-state index is 12.8. The summed E-state index contributed by atoms with van der Waals surface area (Å²) >= 11 is 1.96. The van der Waals surface area contributed by atoms with Gasteiger partial charge in [0, 0.05) is 40.9 Å². The van der Waals surface area contributed by atoms with E-state index in [-0.39, 0.29) is 5.91 Å². The van der Waals surface area contributed by atoms with Gasteiger partial charge in [-0.2, -0.15) is 11.8 Å². The summed E-state index contributed by atoms with van der Waals surface area (Å²) in [5.74, 6) is 1.75. The van der Waals surface area contributed by atoms with Gasteiger partial charge in [0.25, 0.3) is 5.91 Å². The van der Waals surface area contributed by atoms with Crippen LogP contribution in [0, 0.1) is 6.92 Å². The van der Waals surface area contributed by atoms with Gasteiger partial charge >= 0.3 is 0 Å². The Hall–Kier alpha value is -2.44. The van der Waals surface area contributed by atoms with Gasteiger partial charge in [-0.1, -0.05) is 12.1 Å². The molecule has 152 valence electrons. The normalized spacial score (nSPS) is 14.8. The zero-order chi connectivity index (χ0) is 20.2. The maximum Gasteiger partial charge on any atom is 0.291 e. The van der Waals surface area contributed by atoms with Crippen LogP contribution in [0.3, 0.4) is 0 Å². The zero-order valence-electron chi connectivity index (χ0n) is 16.7. The van der Waals surface area contributed by atoms with E-state index in [2.05, 4.69) is 11.4 Å². The van der Waals surface area contributed by atoms with Gasteiger partial charge in [0.05, 0.1) is 7.11 Å². The molecule has 1 N–H and O–H groups in total. The molecule has 1 aliphatic rings. The van der Waals surface area contributed by atoms with E-state index in [9.17, 15) is 4.79 Å². The lowest BCUT2D eigenvalue weighted by molar-refractivity contribution is 0.0996. The highest BCUT2D eigenvalue weighted by Gasteiger charge is 2.19. The minimum absolute atomic E-state index is 0.244. The summed E-state index contributed by atoms with van der Waals surface area (Å²) < 4.78 is 16.5. The summed E-state index contributed by atoms with van der Waals surface area (Å²) in [6, 6.07) is 13.6. The molecule has 0 spiro atoms. The lowest BCUT2D eigenvalue weighted by Crippen LogP contribution is -2.17. The first kappa shape index (κ1) is 19.9. The molecule has 3 aromatic rings. The topological polar surface area (TPSA) is 60.7 Å². The van der Waals surface area contributed by atoms with E-state index < -0.39 is 0 Å². The van der Waals surface area contributed by atoms with Gasteiger partial charge in [0.2, 0.25) is 0 Å². The van der Waals surface area contributed by atoms with E-state index in [0.717, 1.165) is 54.2 Å². The van der Waals surface area contributed by atoms with Crippen LogP contribution in [0.2, 0.25) is 0 Å². The number of rotatable bonds is 6. The molecule has 1 aromatic heterocycles. The van der Waals surface area contributed by atoms with Crippen LogP contribution in [0.4, 0.5) is 5.69 Å². The number of fused-ring (bicyclic) bond motifs is 1. The number of thioether (sulfide) groups is 1. The van der Waals surface area contributed by atoms with Crippen molar-refractivity contribution in [2.45, 2.75) is 30.8 Å². The van der Waals surface area contributed by atoms with Gasteiger partial charge in [0.1, 0.15) is 11.3 Å². The number of methoxy groups -OCH3 is 1. The van der Waals surface area contributed by atoms with Crippen LogP contribution in [0.15, 0.2) is 46.9 Å². The highest BCUT2D eigenvalue weighted by Crippen LogP contribution is 2.30. The molecule has 0 bridgehead atoms. The van der Waals surface area contributed by atoms with Crippen molar-refractivity contribution in [3.63, 3.8) is 0 Å². The molecule has 1 fully saturated rings. The first-order chi connectivity index (χ1) is 14.1. The largest absolute Gasteiger partial charge is 0.497 e. The van der Waals surface area contributed by atoms with E-state index in [0.29, 0.717) is 16.6 Å². The Balaban J connectivity index is 1.45. The van der Waals surface area contributed by atoms with Gasteiger partial charge in [0.15, 0.2) is 5.76 Å². The minimum atomic E-state index is -0.244. The molecule has 1 aliphatic heterocycles. The summed E-state index contributed by atoms with van der Waals surface area (Å²) in [5, 5.41) is 4.51. The number of nitrogens with one attached hydrogen (secondary N) is 1. The standard InChI is InChI=1S/C23H25NO4S/c1-15-20-13-18(26-2)6-7-21(20)28-22(15)23(25)24-17-5-3-4-16(12-17)14-29-19-8-10-27-11-9-19/h3-7,12-13,19H,8-11,14H2,1-2H3,(H,24,25). The molecule has 0 radical (unpaired) electrons. The van der Waals surface area contributed by atoms with Gasteiger partial charge in [-0.25, -0.2) is 0 Å². The van der Waals surface area contributed by atoms with E-state index >= 15 is 0 Å². The number of carbonyl (C=O) groups is 1. The fourth-order valence-corrected chi connectivity index (χ4v) is 4.66. The number of amides is 1. The molecule has 29 heavy (non-hydrogen) atoms. The van der Waals surface area contributed by atoms with Crippen molar-refractivity contribution in [3.05, 3.63) is 59.4 Å². The summed E-state index contributed by atoms with van der Waals surface area (Å²) in [6.45, 7) is 3.61. The highest BCUT2D eigenvalue weighted by molar-refractivity contribution is 7.99. The van der Waals surface area contributed by atoms with E-state index in [1.165, 1.54) is 5.56 Å². The van der Waals surface area contributed by atoms with Crippen molar-refractivity contribution in [1.29, 1.82) is 0 Å². The molecule has 2 heterocycles. The van der Waals surface area contributed by atoms with Crippen LogP contribution >= 0.6 is 11.8 Å². The highest BCUT2D eigenvalue weighted by atomic mass is 32.2. The fraction of sp³-hybridized carbons (Fsp3) is 0.348. The third kappa shape index (κ3) is 4.60. The summed E-state index contributed by atoms with van der Waals surface area (Å²) in [5.41, 5.74) is 3.46. The SMILES string of the molecule is COc1ccc2oc(C(=O)Nc3cccc(CSC4CCOCC4)c3)c(C)c2c1. The number of aryl methyl sites for hydroxylation is 1. The Morgan fingerprint density at radius 3 is 2.83 bits per heavy atom. The fourth-order valence-electron chi connectivity index (χ4n) is 3.53. The molecule has 0 aliphatic carbocycles. The predicted molar refractivity (Wildman–Crippen MR) is 117 cm³/mol. The van der Waals surface area contributed by atoms with Gasteiger partial charge < -0.3 is 19.2 Å². The van der Waals surface area contributed by atoms with Crippen LogP contribution in [-0.2, 0) is 10.5 Å². The number of furan rings is 1. The molecule has 5 nitrogen and oxygen atoms in total. The molecule has 0 saturated carbocycles. The van der Waals surface area contributed by atoms with Crippen molar-refractivity contribution in [3.8, 4) is 5.75 Å². The second-order valence-corrected chi connectivity index (χ2v) is 8.48. The van der Waals surface area contributed by atoms with Crippen LogP contribution in [0.25, 0.3) is 11.0 Å². The minimum Gasteiger partial charge on any atom is -0.497 e. The van der Waals surface area contributed by atoms with Crippen molar-refractivity contribution >= 4 is 34.3 Å². The molecular weight excluding hydrogens is 386 g/mol. The number of benzene rings is 2. The van der Waals surface area contributed by atoms with Gasteiger partial charge in [-0.15, -0.1) is 0 Å². The molecular formula is C23H25NO4S. The Morgan fingerprint density at radius 1 is 1.21 bits per heavy atom. The predicted octanol–water partition coefficient (Wildman–Crippen LogP) is 5.41. The maximum absolute atomic E-state index is 12.8. The van der Waals surface area contributed by atoms with Crippen LogP contribution in [0.5, 0.6) is 5.75 Å². The summed E-state index contributed by atoms with van der Waals surface area (Å²) in [4.78, 5) is 12.8. The lowest BCUT2D eigenvalue weighted by atomic mass is 10.1. The first-order valence-electron chi connectivity index (χ1n) is 9.81. The van der Waals surface area contributed by atoms with E-state index in [1.54, 1.807) is 7.11 Å². The van der Waals surface area contributed by atoms with Crippen LogP contribution in [0.1, 0.15) is 34.5 Å².